The van der Waals surface area contributed by atoms with Gasteiger partial charge in [-0.1, -0.05) is 18.2 Å². The summed E-state index contributed by atoms with van der Waals surface area (Å²) >= 11 is 0. The summed E-state index contributed by atoms with van der Waals surface area (Å²) in [6.45, 7) is 0.908. The molecule has 1 aromatic heterocycles. The fourth-order valence-electron chi connectivity index (χ4n) is 2.28. The summed E-state index contributed by atoms with van der Waals surface area (Å²) in [5.41, 5.74) is -1.15. The number of aliphatic imine (C=N–C) groups is 1. The van der Waals surface area contributed by atoms with Gasteiger partial charge in [0.25, 0.3) is 0 Å². The largest absolute Gasteiger partial charge is 0.417 e. The number of rotatable bonds is 2. The smallest absolute Gasteiger partial charge is 0.319 e. The highest BCUT2D eigenvalue weighted by Gasteiger charge is 2.35. The Hall–Kier alpha value is -2.44. The molecule has 0 N–H and O–H groups in total. The maximum absolute atomic E-state index is 13.0. The van der Waals surface area contributed by atoms with Crippen LogP contribution in [0, 0.1) is 0 Å². The molecule has 0 amide bonds. The number of nitrogens with zero attached hydrogens (tertiary/aromatic N) is 3. The number of aromatic nitrogens is 2. The molecule has 0 aliphatic carbocycles. The van der Waals surface area contributed by atoms with Gasteiger partial charge in [0.2, 0.25) is 5.78 Å². The van der Waals surface area contributed by atoms with Gasteiger partial charge in [-0.05, 0) is 6.07 Å². The monoisotopic (exact) mass is 293 g/mol. The van der Waals surface area contributed by atoms with Crippen molar-refractivity contribution in [2.75, 3.05) is 6.54 Å². The molecule has 21 heavy (non-hydrogen) atoms. The van der Waals surface area contributed by atoms with Crippen LogP contribution >= 0.6 is 0 Å². The highest BCUT2D eigenvalue weighted by atomic mass is 19.4. The van der Waals surface area contributed by atoms with Crippen molar-refractivity contribution >= 4 is 12.0 Å². The Morgan fingerprint density at radius 3 is 2.76 bits per heavy atom. The molecule has 0 saturated carbocycles. The molecular formula is C14H10F3N3O. The van der Waals surface area contributed by atoms with E-state index in [-0.39, 0.29) is 11.3 Å². The first-order valence-electron chi connectivity index (χ1n) is 6.25. The molecule has 7 heteroatoms. The number of halogens is 3. The first-order valence-corrected chi connectivity index (χ1v) is 6.25. The SMILES string of the molecule is O=C(c1ccccc1C(F)(F)F)c1cnc2n1CCN=C2. The summed E-state index contributed by atoms with van der Waals surface area (Å²) in [5, 5.41) is 0. The third-order valence-corrected chi connectivity index (χ3v) is 3.26. The van der Waals surface area contributed by atoms with E-state index in [9.17, 15) is 18.0 Å². The van der Waals surface area contributed by atoms with Crippen LogP contribution in [0.1, 0.15) is 27.4 Å². The van der Waals surface area contributed by atoms with Gasteiger partial charge in [0.05, 0.1) is 24.5 Å². The summed E-state index contributed by atoms with van der Waals surface area (Å²) < 4.78 is 40.6. The van der Waals surface area contributed by atoms with E-state index in [4.69, 9.17) is 0 Å². The maximum atomic E-state index is 13.0. The van der Waals surface area contributed by atoms with Crippen molar-refractivity contribution in [1.29, 1.82) is 0 Å². The van der Waals surface area contributed by atoms with Gasteiger partial charge in [-0.3, -0.25) is 9.79 Å². The molecule has 4 nitrogen and oxygen atoms in total. The second-order valence-electron chi connectivity index (χ2n) is 4.56. The molecule has 0 bridgehead atoms. The van der Waals surface area contributed by atoms with Crippen molar-refractivity contribution in [2.24, 2.45) is 4.99 Å². The second-order valence-corrected chi connectivity index (χ2v) is 4.56. The number of fused-ring (bicyclic) bond motifs is 1. The number of hydrogen-bond donors (Lipinski definition) is 0. The maximum Gasteiger partial charge on any atom is 0.417 e. The topological polar surface area (TPSA) is 47.2 Å². The summed E-state index contributed by atoms with van der Waals surface area (Å²) in [7, 11) is 0. The number of carbonyl (C=O) groups excluding carboxylic acids is 1. The van der Waals surface area contributed by atoms with E-state index in [1.54, 1.807) is 4.57 Å². The summed E-state index contributed by atoms with van der Waals surface area (Å²) in [4.78, 5) is 20.5. The van der Waals surface area contributed by atoms with Crippen LogP contribution in [-0.4, -0.2) is 28.1 Å². The lowest BCUT2D eigenvalue weighted by molar-refractivity contribution is -0.137. The first-order chi connectivity index (χ1) is 9.98. The quantitative estimate of drug-likeness (QED) is 0.799. The molecule has 1 aromatic carbocycles. The molecule has 0 radical (unpaired) electrons. The van der Waals surface area contributed by atoms with E-state index < -0.39 is 17.5 Å². The molecule has 2 aromatic rings. The van der Waals surface area contributed by atoms with Crippen LogP contribution in [0.2, 0.25) is 0 Å². The summed E-state index contributed by atoms with van der Waals surface area (Å²) in [5.74, 6) is -0.203. The molecule has 1 aliphatic heterocycles. The van der Waals surface area contributed by atoms with Gasteiger partial charge < -0.3 is 4.57 Å². The Morgan fingerprint density at radius 1 is 1.24 bits per heavy atom. The fourth-order valence-corrected chi connectivity index (χ4v) is 2.28. The number of alkyl halides is 3. The number of ketones is 1. The third kappa shape index (κ3) is 2.35. The second kappa shape index (κ2) is 4.83. The predicted octanol–water partition coefficient (Wildman–Crippen LogP) is 2.57. The van der Waals surface area contributed by atoms with Gasteiger partial charge in [0, 0.05) is 12.1 Å². The van der Waals surface area contributed by atoms with E-state index in [0.29, 0.717) is 18.9 Å². The minimum absolute atomic E-state index is 0.146. The van der Waals surface area contributed by atoms with Crippen molar-refractivity contribution in [1.82, 2.24) is 9.55 Å². The normalized spacial score (nSPS) is 14.0. The molecule has 2 heterocycles. The van der Waals surface area contributed by atoms with Crippen molar-refractivity contribution in [3.63, 3.8) is 0 Å². The Balaban J connectivity index is 2.08. The van der Waals surface area contributed by atoms with Crippen LogP contribution < -0.4 is 0 Å². The molecule has 0 saturated heterocycles. The molecule has 0 atom stereocenters. The number of benzene rings is 1. The average molecular weight is 293 g/mol. The van der Waals surface area contributed by atoms with Crippen molar-refractivity contribution < 1.29 is 18.0 Å². The van der Waals surface area contributed by atoms with Gasteiger partial charge in [0.15, 0.2) is 5.82 Å². The highest BCUT2D eigenvalue weighted by Crippen LogP contribution is 2.32. The Morgan fingerprint density at radius 2 is 2.00 bits per heavy atom. The zero-order valence-electron chi connectivity index (χ0n) is 10.8. The highest BCUT2D eigenvalue weighted by molar-refractivity contribution is 6.09. The summed E-state index contributed by atoms with van der Waals surface area (Å²) in [6.07, 6.45) is -1.77. The molecule has 0 spiro atoms. The van der Waals surface area contributed by atoms with Gasteiger partial charge in [0.1, 0.15) is 5.69 Å². The predicted molar refractivity (Wildman–Crippen MR) is 69.6 cm³/mol. The first kappa shape index (κ1) is 13.5. The molecular weight excluding hydrogens is 283 g/mol. The van der Waals surface area contributed by atoms with Crippen LogP contribution in [-0.2, 0) is 12.7 Å². The van der Waals surface area contributed by atoms with Crippen molar-refractivity contribution in [3.8, 4) is 0 Å². The van der Waals surface area contributed by atoms with E-state index in [1.165, 1.54) is 30.6 Å². The number of hydrogen-bond acceptors (Lipinski definition) is 3. The third-order valence-electron chi connectivity index (χ3n) is 3.26. The van der Waals surface area contributed by atoms with Crippen LogP contribution in [0.4, 0.5) is 13.2 Å². The van der Waals surface area contributed by atoms with E-state index in [0.717, 1.165) is 6.07 Å². The average Bonchev–Trinajstić information content (AvgIpc) is 2.89. The lowest BCUT2D eigenvalue weighted by Crippen LogP contribution is -2.19. The van der Waals surface area contributed by atoms with Crippen molar-refractivity contribution in [3.05, 3.63) is 53.1 Å². The minimum atomic E-state index is -4.57. The molecule has 3 rings (SSSR count). The van der Waals surface area contributed by atoms with Gasteiger partial charge in [-0.2, -0.15) is 13.2 Å². The standard InChI is InChI=1S/C14H10F3N3O/c15-14(16,17)10-4-2-1-3-9(10)13(21)11-7-19-12-8-18-5-6-20(11)12/h1-4,7-8H,5-6H2. The fraction of sp³-hybridized carbons (Fsp3) is 0.214. The molecule has 1 aliphatic rings. The molecule has 0 fully saturated rings. The Labute approximate surface area is 117 Å². The Bertz CT molecular complexity index is 731. The minimum Gasteiger partial charge on any atom is -0.319 e. The van der Waals surface area contributed by atoms with Crippen LogP contribution in [0.3, 0.4) is 0 Å². The zero-order chi connectivity index (χ0) is 15.0. The molecule has 0 unspecified atom stereocenters. The van der Waals surface area contributed by atoms with Gasteiger partial charge >= 0.3 is 6.18 Å². The van der Waals surface area contributed by atoms with E-state index in [1.807, 2.05) is 0 Å². The van der Waals surface area contributed by atoms with Crippen LogP contribution in [0.15, 0.2) is 35.5 Å². The zero-order valence-corrected chi connectivity index (χ0v) is 10.8. The van der Waals surface area contributed by atoms with E-state index in [2.05, 4.69) is 9.98 Å². The lowest BCUT2D eigenvalue weighted by Gasteiger charge is -2.14. The van der Waals surface area contributed by atoms with Crippen LogP contribution in [0.25, 0.3) is 0 Å². The van der Waals surface area contributed by atoms with Gasteiger partial charge in [-0.25, -0.2) is 4.98 Å². The van der Waals surface area contributed by atoms with E-state index >= 15 is 0 Å². The Kier molecular flexibility index (Phi) is 3.12. The van der Waals surface area contributed by atoms with Crippen LogP contribution in [0.5, 0.6) is 0 Å². The number of imidazole rings is 1. The lowest BCUT2D eigenvalue weighted by atomic mass is 10.0. The molecule has 108 valence electrons. The van der Waals surface area contributed by atoms with Crippen molar-refractivity contribution in [2.45, 2.75) is 12.7 Å². The number of carbonyl (C=O) groups is 1. The summed E-state index contributed by atoms with van der Waals surface area (Å²) in [6, 6.07) is 4.76. The van der Waals surface area contributed by atoms with Gasteiger partial charge in [-0.15, -0.1) is 0 Å².